The van der Waals surface area contributed by atoms with Crippen molar-refractivity contribution in [2.24, 2.45) is 0 Å². The van der Waals surface area contributed by atoms with Crippen molar-refractivity contribution in [2.45, 2.75) is 17.9 Å². The number of hydrogen-bond acceptors (Lipinski definition) is 9. The van der Waals surface area contributed by atoms with Gasteiger partial charge in [-0.3, -0.25) is 4.79 Å². The van der Waals surface area contributed by atoms with Crippen LogP contribution < -0.4 is 10.1 Å². The molecule has 1 N–H and O–H groups in total. The largest absolute Gasteiger partial charge is 0.497 e. The van der Waals surface area contributed by atoms with Crippen LogP contribution in [0.2, 0.25) is 0 Å². The minimum Gasteiger partial charge on any atom is -0.497 e. The molecular formula is C20H17N5O4S. The van der Waals surface area contributed by atoms with Gasteiger partial charge in [-0.2, -0.15) is 0 Å². The van der Waals surface area contributed by atoms with E-state index in [-0.39, 0.29) is 5.91 Å². The number of methoxy groups -OCH3 is 1. The molecular weight excluding hydrogens is 406 g/mol. The molecule has 0 aliphatic carbocycles. The van der Waals surface area contributed by atoms with E-state index < -0.39 is 0 Å². The van der Waals surface area contributed by atoms with Crippen LogP contribution in [0, 0.1) is 0 Å². The van der Waals surface area contributed by atoms with Gasteiger partial charge in [0.2, 0.25) is 23.6 Å². The van der Waals surface area contributed by atoms with E-state index in [0.29, 0.717) is 40.1 Å². The third kappa shape index (κ3) is 4.66. The Balaban J connectivity index is 1.39. The lowest BCUT2D eigenvalue weighted by Gasteiger charge is -2.01. The molecule has 0 aliphatic rings. The summed E-state index contributed by atoms with van der Waals surface area (Å²) in [5.74, 6) is 2.21. The van der Waals surface area contributed by atoms with E-state index in [4.69, 9.17) is 13.6 Å². The summed E-state index contributed by atoms with van der Waals surface area (Å²) < 4.78 is 16.6. The van der Waals surface area contributed by atoms with E-state index in [1.54, 1.807) is 31.4 Å². The first-order valence-corrected chi connectivity index (χ1v) is 9.90. The first kappa shape index (κ1) is 19.6. The zero-order chi connectivity index (χ0) is 20.9. The Labute approximate surface area is 175 Å². The van der Waals surface area contributed by atoms with Crippen molar-refractivity contribution in [1.29, 1.82) is 0 Å². The number of carbonyl (C=O) groups is 1. The van der Waals surface area contributed by atoms with E-state index >= 15 is 0 Å². The first-order chi connectivity index (χ1) is 14.6. The molecule has 0 atom stereocenters. The first-order valence-electron chi connectivity index (χ1n) is 8.92. The van der Waals surface area contributed by atoms with Gasteiger partial charge in [0.25, 0.3) is 5.22 Å². The Bertz CT molecular complexity index is 1160. The number of ether oxygens (including phenoxy) is 1. The van der Waals surface area contributed by atoms with Crippen molar-refractivity contribution < 1.29 is 18.4 Å². The number of hydrogen-bond donors (Lipinski definition) is 1. The SMILES string of the molecule is COc1cccc(-c2nnc(CSc3nnc(-c4ccc(NC(C)=O)cc4)o3)o2)c1. The van der Waals surface area contributed by atoms with Gasteiger partial charge in [-0.15, -0.1) is 20.4 Å². The number of aromatic nitrogens is 4. The highest BCUT2D eigenvalue weighted by Crippen LogP contribution is 2.28. The van der Waals surface area contributed by atoms with E-state index in [0.717, 1.165) is 11.1 Å². The van der Waals surface area contributed by atoms with E-state index in [1.807, 2.05) is 24.3 Å². The van der Waals surface area contributed by atoms with Crippen molar-refractivity contribution in [3.05, 3.63) is 54.4 Å². The molecule has 2 aromatic heterocycles. The van der Waals surface area contributed by atoms with Crippen LogP contribution in [0.15, 0.2) is 62.6 Å². The summed E-state index contributed by atoms with van der Waals surface area (Å²) in [4.78, 5) is 11.1. The summed E-state index contributed by atoms with van der Waals surface area (Å²) in [7, 11) is 1.60. The fraction of sp³-hybridized carbons (Fsp3) is 0.150. The maximum absolute atomic E-state index is 11.1. The van der Waals surface area contributed by atoms with E-state index in [9.17, 15) is 4.79 Å². The molecule has 2 heterocycles. The quantitative estimate of drug-likeness (QED) is 0.439. The minimum atomic E-state index is -0.130. The predicted octanol–water partition coefficient (Wildman–Crippen LogP) is 4.05. The van der Waals surface area contributed by atoms with Crippen LogP contribution in [-0.4, -0.2) is 33.4 Å². The molecule has 1 amide bonds. The highest BCUT2D eigenvalue weighted by atomic mass is 32.2. The maximum atomic E-state index is 11.1. The lowest BCUT2D eigenvalue weighted by atomic mass is 10.2. The van der Waals surface area contributed by atoms with Crippen molar-refractivity contribution in [2.75, 3.05) is 12.4 Å². The Morgan fingerprint density at radius 3 is 2.53 bits per heavy atom. The molecule has 0 saturated heterocycles. The summed E-state index contributed by atoms with van der Waals surface area (Å²) >= 11 is 1.30. The topological polar surface area (TPSA) is 116 Å². The highest BCUT2D eigenvalue weighted by molar-refractivity contribution is 7.98. The van der Waals surface area contributed by atoms with Crippen LogP contribution >= 0.6 is 11.8 Å². The van der Waals surface area contributed by atoms with Gasteiger partial charge in [0.15, 0.2) is 0 Å². The van der Waals surface area contributed by atoms with E-state index in [1.165, 1.54) is 18.7 Å². The van der Waals surface area contributed by atoms with Crippen molar-refractivity contribution >= 4 is 23.4 Å². The van der Waals surface area contributed by atoms with Crippen molar-refractivity contribution in [3.63, 3.8) is 0 Å². The summed E-state index contributed by atoms with van der Waals surface area (Å²) in [6, 6.07) is 14.5. The van der Waals surface area contributed by atoms with Crippen LogP contribution in [0.1, 0.15) is 12.8 Å². The molecule has 152 valence electrons. The van der Waals surface area contributed by atoms with Crippen LogP contribution in [-0.2, 0) is 10.5 Å². The number of rotatable bonds is 7. The minimum absolute atomic E-state index is 0.130. The average Bonchev–Trinajstić information content (AvgIpc) is 3.42. The second-order valence-corrected chi connectivity index (χ2v) is 7.08. The molecule has 0 spiro atoms. The van der Waals surface area contributed by atoms with Gasteiger partial charge in [0, 0.05) is 23.7 Å². The Kier molecular flexibility index (Phi) is 5.75. The van der Waals surface area contributed by atoms with Gasteiger partial charge in [-0.05, 0) is 42.5 Å². The number of amides is 1. The van der Waals surface area contributed by atoms with Crippen molar-refractivity contribution in [1.82, 2.24) is 20.4 Å². The second kappa shape index (κ2) is 8.78. The van der Waals surface area contributed by atoms with Gasteiger partial charge in [-0.1, -0.05) is 17.8 Å². The molecule has 9 nitrogen and oxygen atoms in total. The molecule has 10 heteroatoms. The third-order valence-corrected chi connectivity index (χ3v) is 4.76. The van der Waals surface area contributed by atoms with Crippen LogP contribution in [0.25, 0.3) is 22.9 Å². The third-order valence-electron chi connectivity index (χ3n) is 3.96. The molecule has 4 aromatic rings. The number of thioether (sulfide) groups is 1. The smallest absolute Gasteiger partial charge is 0.277 e. The molecule has 0 fully saturated rings. The zero-order valence-corrected chi connectivity index (χ0v) is 17.0. The van der Waals surface area contributed by atoms with Gasteiger partial charge in [-0.25, -0.2) is 0 Å². The number of anilines is 1. The fourth-order valence-electron chi connectivity index (χ4n) is 2.59. The lowest BCUT2D eigenvalue weighted by molar-refractivity contribution is -0.114. The Morgan fingerprint density at radius 1 is 1.00 bits per heavy atom. The van der Waals surface area contributed by atoms with Crippen molar-refractivity contribution in [3.8, 4) is 28.7 Å². The standard InChI is InChI=1S/C20H17N5O4S/c1-12(26)21-15-8-6-13(7-9-15)18-24-25-20(29-18)30-11-17-22-23-19(28-17)14-4-3-5-16(10-14)27-2/h3-10H,11H2,1-2H3,(H,21,26). The molecule has 0 bridgehead atoms. The fourth-order valence-corrected chi connectivity index (χ4v) is 3.19. The van der Waals surface area contributed by atoms with Crippen LogP contribution in [0.4, 0.5) is 5.69 Å². The number of nitrogens with one attached hydrogen (secondary N) is 1. The lowest BCUT2D eigenvalue weighted by Crippen LogP contribution is -2.05. The van der Waals surface area contributed by atoms with Crippen LogP contribution in [0.3, 0.4) is 0 Å². The molecule has 0 unspecified atom stereocenters. The molecule has 2 aromatic carbocycles. The predicted molar refractivity (Wildman–Crippen MR) is 110 cm³/mol. The second-order valence-electron chi connectivity index (χ2n) is 6.15. The van der Waals surface area contributed by atoms with E-state index in [2.05, 4.69) is 25.7 Å². The summed E-state index contributed by atoms with van der Waals surface area (Å²) in [5.41, 5.74) is 2.23. The average molecular weight is 423 g/mol. The molecule has 4 rings (SSSR count). The number of nitrogens with zero attached hydrogens (tertiary/aromatic N) is 4. The monoisotopic (exact) mass is 423 g/mol. The molecule has 0 aliphatic heterocycles. The summed E-state index contributed by atoms with van der Waals surface area (Å²) in [6.45, 7) is 1.46. The zero-order valence-electron chi connectivity index (χ0n) is 16.2. The molecule has 0 saturated carbocycles. The van der Waals surface area contributed by atoms with Gasteiger partial charge >= 0.3 is 0 Å². The molecule has 30 heavy (non-hydrogen) atoms. The Morgan fingerprint density at radius 2 is 1.77 bits per heavy atom. The highest BCUT2D eigenvalue weighted by Gasteiger charge is 2.13. The van der Waals surface area contributed by atoms with Gasteiger partial charge < -0.3 is 18.9 Å². The van der Waals surface area contributed by atoms with Gasteiger partial charge in [0.05, 0.1) is 12.9 Å². The van der Waals surface area contributed by atoms with Crippen LogP contribution in [0.5, 0.6) is 5.75 Å². The number of carbonyl (C=O) groups excluding carboxylic acids is 1. The van der Waals surface area contributed by atoms with Gasteiger partial charge in [0.1, 0.15) is 5.75 Å². The normalized spacial score (nSPS) is 10.7. The Hall–Kier alpha value is -3.66. The molecule has 0 radical (unpaired) electrons. The maximum Gasteiger partial charge on any atom is 0.277 e. The number of benzene rings is 2. The summed E-state index contributed by atoms with van der Waals surface area (Å²) in [5, 5.41) is 19.3. The summed E-state index contributed by atoms with van der Waals surface area (Å²) in [6.07, 6.45) is 0.